The van der Waals surface area contributed by atoms with Gasteiger partial charge in [-0.1, -0.05) is 29.3 Å². The zero-order chi connectivity index (χ0) is 20.3. The van der Waals surface area contributed by atoms with Crippen molar-refractivity contribution in [3.63, 3.8) is 0 Å². The summed E-state index contributed by atoms with van der Waals surface area (Å²) in [5.41, 5.74) is 0.910. The van der Waals surface area contributed by atoms with Crippen LogP contribution in [0.25, 0.3) is 0 Å². The van der Waals surface area contributed by atoms with Crippen LogP contribution in [0.4, 0.5) is 0 Å². The lowest BCUT2D eigenvalue weighted by Crippen LogP contribution is -2.45. The van der Waals surface area contributed by atoms with Gasteiger partial charge >= 0.3 is 0 Å². The maximum atomic E-state index is 12.8. The number of piperidine rings is 1. The van der Waals surface area contributed by atoms with Crippen LogP contribution in [0.15, 0.2) is 34.5 Å². The van der Waals surface area contributed by atoms with Gasteiger partial charge in [0.25, 0.3) is 10.0 Å². The lowest BCUT2D eigenvalue weighted by atomic mass is 9.99. The van der Waals surface area contributed by atoms with Crippen LogP contribution in [-0.4, -0.2) is 38.3 Å². The molecule has 1 saturated heterocycles. The van der Waals surface area contributed by atoms with E-state index in [0.717, 1.165) is 10.4 Å². The number of aryl methyl sites for hydroxylation is 1. The fraction of sp³-hybridized carbons (Fsp3) is 0.421. The van der Waals surface area contributed by atoms with Crippen molar-refractivity contribution in [2.75, 3.05) is 19.6 Å². The lowest BCUT2D eigenvalue weighted by Gasteiger charge is -2.30. The third kappa shape index (κ3) is 5.07. The van der Waals surface area contributed by atoms with E-state index in [-0.39, 0.29) is 18.4 Å². The van der Waals surface area contributed by atoms with Crippen molar-refractivity contribution in [1.82, 2.24) is 9.62 Å². The van der Waals surface area contributed by atoms with Gasteiger partial charge in [0.05, 0.1) is 5.92 Å². The lowest BCUT2D eigenvalue weighted by molar-refractivity contribution is -0.126. The molecular formula is C19H22Cl2N2O3S2. The second kappa shape index (κ2) is 9.13. The zero-order valence-corrected chi connectivity index (χ0v) is 18.6. The average Bonchev–Trinajstić information content (AvgIpc) is 3.11. The van der Waals surface area contributed by atoms with Crippen LogP contribution in [-0.2, 0) is 21.2 Å². The minimum atomic E-state index is -3.54. The summed E-state index contributed by atoms with van der Waals surface area (Å²) in [7, 11) is -3.54. The summed E-state index contributed by atoms with van der Waals surface area (Å²) in [4.78, 5) is 13.5. The van der Waals surface area contributed by atoms with Crippen LogP contribution >= 0.6 is 34.5 Å². The summed E-state index contributed by atoms with van der Waals surface area (Å²) in [6.45, 7) is 2.98. The molecule has 2 aromatic rings. The number of benzene rings is 1. The smallest absolute Gasteiger partial charge is 0.252 e. The molecule has 1 fully saturated rings. The molecule has 0 spiro atoms. The molecule has 152 valence electrons. The molecule has 1 atom stereocenters. The normalized spacial score (nSPS) is 18.2. The number of nitrogens with zero attached hydrogens (tertiary/aromatic N) is 1. The van der Waals surface area contributed by atoms with Gasteiger partial charge in [-0.15, -0.1) is 11.3 Å². The molecule has 0 unspecified atom stereocenters. The van der Waals surface area contributed by atoms with Crippen molar-refractivity contribution in [3.05, 3.63) is 50.8 Å². The van der Waals surface area contributed by atoms with E-state index in [1.165, 1.54) is 15.6 Å². The topological polar surface area (TPSA) is 66.5 Å². The minimum Gasteiger partial charge on any atom is -0.355 e. The molecule has 5 nitrogen and oxygen atoms in total. The molecule has 1 N–H and O–H groups in total. The molecule has 1 aromatic carbocycles. The van der Waals surface area contributed by atoms with Crippen LogP contribution < -0.4 is 5.32 Å². The van der Waals surface area contributed by atoms with E-state index >= 15 is 0 Å². The predicted molar refractivity (Wildman–Crippen MR) is 114 cm³/mol. The van der Waals surface area contributed by atoms with Gasteiger partial charge < -0.3 is 5.32 Å². The van der Waals surface area contributed by atoms with E-state index in [1.807, 2.05) is 13.0 Å². The number of thiophene rings is 1. The van der Waals surface area contributed by atoms with Gasteiger partial charge in [0.15, 0.2) is 0 Å². The van der Waals surface area contributed by atoms with E-state index in [4.69, 9.17) is 23.2 Å². The van der Waals surface area contributed by atoms with Gasteiger partial charge in [-0.05, 0) is 56.0 Å². The molecule has 1 aromatic heterocycles. The van der Waals surface area contributed by atoms with Gasteiger partial charge in [-0.3, -0.25) is 4.79 Å². The Hall–Kier alpha value is -1.12. The predicted octanol–water partition coefficient (Wildman–Crippen LogP) is 4.12. The summed E-state index contributed by atoms with van der Waals surface area (Å²) < 4.78 is 27.4. The van der Waals surface area contributed by atoms with Gasteiger partial charge in [-0.25, -0.2) is 8.42 Å². The Morgan fingerprint density at radius 2 is 2.07 bits per heavy atom. The zero-order valence-electron chi connectivity index (χ0n) is 15.5. The summed E-state index contributed by atoms with van der Waals surface area (Å²) >= 11 is 13.3. The van der Waals surface area contributed by atoms with Crippen molar-refractivity contribution < 1.29 is 13.2 Å². The average molecular weight is 461 g/mol. The Labute approximate surface area is 179 Å². The van der Waals surface area contributed by atoms with Gasteiger partial charge in [0, 0.05) is 34.6 Å². The summed E-state index contributed by atoms with van der Waals surface area (Å²) in [5, 5.41) is 4.05. The van der Waals surface area contributed by atoms with Crippen LogP contribution in [0.5, 0.6) is 0 Å². The van der Waals surface area contributed by atoms with Crippen LogP contribution in [0, 0.1) is 12.8 Å². The highest BCUT2D eigenvalue weighted by Gasteiger charge is 2.33. The summed E-state index contributed by atoms with van der Waals surface area (Å²) in [6.07, 6.45) is 1.94. The van der Waals surface area contributed by atoms with Crippen molar-refractivity contribution in [3.8, 4) is 0 Å². The first-order chi connectivity index (χ1) is 13.3. The maximum absolute atomic E-state index is 12.8. The monoisotopic (exact) mass is 460 g/mol. The highest BCUT2D eigenvalue weighted by atomic mass is 35.5. The standard InChI is InChI=1S/C19H22Cl2N2O3S2/c1-13-4-7-18(27-13)28(25,26)23-10-2-3-15(12-23)19(24)22-9-8-14-5-6-16(20)11-17(14)21/h4-7,11,15H,2-3,8-10,12H2,1H3,(H,22,24)/t15-/m1/s1. The molecule has 0 bridgehead atoms. The number of rotatable bonds is 6. The van der Waals surface area contributed by atoms with E-state index in [2.05, 4.69) is 5.32 Å². The number of nitrogens with one attached hydrogen (secondary N) is 1. The molecule has 0 aliphatic carbocycles. The van der Waals surface area contributed by atoms with Gasteiger partial charge in [0.1, 0.15) is 4.21 Å². The first-order valence-electron chi connectivity index (χ1n) is 9.05. The molecule has 1 aliphatic heterocycles. The first-order valence-corrected chi connectivity index (χ1v) is 12.1. The summed E-state index contributed by atoms with van der Waals surface area (Å²) in [6, 6.07) is 8.72. The molecule has 0 saturated carbocycles. The van der Waals surface area contributed by atoms with E-state index in [9.17, 15) is 13.2 Å². The molecule has 1 amide bonds. The number of halogens is 2. The second-order valence-corrected chi connectivity index (χ2v) is 11.1. The Balaban J connectivity index is 1.57. The van der Waals surface area contributed by atoms with Crippen LogP contribution in [0.3, 0.4) is 0 Å². The maximum Gasteiger partial charge on any atom is 0.252 e. The number of carbonyl (C=O) groups is 1. The molecule has 28 heavy (non-hydrogen) atoms. The van der Waals surface area contributed by atoms with Crippen molar-refractivity contribution >= 4 is 50.5 Å². The van der Waals surface area contributed by atoms with E-state index < -0.39 is 10.0 Å². The number of carbonyl (C=O) groups excluding carboxylic acids is 1. The van der Waals surface area contributed by atoms with Crippen molar-refractivity contribution in [1.29, 1.82) is 0 Å². The third-order valence-corrected chi connectivity index (χ3v) is 8.69. The highest BCUT2D eigenvalue weighted by Crippen LogP contribution is 2.28. The highest BCUT2D eigenvalue weighted by molar-refractivity contribution is 7.91. The Morgan fingerprint density at radius 3 is 2.75 bits per heavy atom. The quantitative estimate of drug-likeness (QED) is 0.704. The number of amides is 1. The molecule has 9 heteroatoms. The van der Waals surface area contributed by atoms with Crippen molar-refractivity contribution in [2.45, 2.75) is 30.4 Å². The third-order valence-electron chi connectivity index (χ3n) is 4.77. The molecule has 0 radical (unpaired) electrons. The van der Waals surface area contributed by atoms with Crippen LogP contribution in [0.1, 0.15) is 23.3 Å². The van der Waals surface area contributed by atoms with Gasteiger partial charge in [-0.2, -0.15) is 4.31 Å². The van der Waals surface area contributed by atoms with E-state index in [0.29, 0.717) is 46.6 Å². The number of sulfonamides is 1. The molecular weight excluding hydrogens is 439 g/mol. The van der Waals surface area contributed by atoms with Crippen LogP contribution in [0.2, 0.25) is 10.0 Å². The molecule has 3 rings (SSSR count). The largest absolute Gasteiger partial charge is 0.355 e. The summed E-state index contributed by atoms with van der Waals surface area (Å²) in [5.74, 6) is -0.461. The fourth-order valence-electron chi connectivity index (χ4n) is 3.24. The number of hydrogen-bond acceptors (Lipinski definition) is 4. The Bertz CT molecular complexity index is 960. The number of hydrogen-bond donors (Lipinski definition) is 1. The second-order valence-electron chi connectivity index (χ2n) is 6.84. The first kappa shape index (κ1) is 21.6. The van der Waals surface area contributed by atoms with Crippen molar-refractivity contribution in [2.24, 2.45) is 5.92 Å². The minimum absolute atomic E-state index is 0.118. The SMILES string of the molecule is Cc1ccc(S(=O)(=O)N2CCC[C@@H](C(=O)NCCc3ccc(Cl)cc3Cl)C2)s1. The fourth-order valence-corrected chi connectivity index (χ4v) is 6.71. The van der Waals surface area contributed by atoms with E-state index in [1.54, 1.807) is 24.3 Å². The molecule has 2 heterocycles. The molecule has 1 aliphatic rings. The van der Waals surface area contributed by atoms with Gasteiger partial charge in [0.2, 0.25) is 5.91 Å². The Morgan fingerprint density at radius 1 is 1.29 bits per heavy atom. The Kier molecular flexibility index (Phi) is 7.04.